The van der Waals surface area contributed by atoms with Gasteiger partial charge in [-0.3, -0.25) is 4.79 Å². The van der Waals surface area contributed by atoms with E-state index >= 15 is 0 Å². The Morgan fingerprint density at radius 1 is 1.00 bits per heavy atom. The van der Waals surface area contributed by atoms with Crippen molar-refractivity contribution in [1.29, 1.82) is 0 Å². The molecule has 94 valence electrons. The van der Waals surface area contributed by atoms with Gasteiger partial charge in [-0.25, -0.2) is 0 Å². The van der Waals surface area contributed by atoms with E-state index in [-0.39, 0.29) is 5.78 Å². The Morgan fingerprint density at radius 2 is 1.79 bits per heavy atom. The predicted octanol–water partition coefficient (Wildman–Crippen LogP) is 5.09. The van der Waals surface area contributed by atoms with Crippen LogP contribution in [0.5, 0.6) is 0 Å². The minimum atomic E-state index is 0.172. The van der Waals surface area contributed by atoms with Crippen molar-refractivity contribution in [3.8, 4) is 0 Å². The molecule has 0 aliphatic heterocycles. The van der Waals surface area contributed by atoms with Gasteiger partial charge >= 0.3 is 0 Å². The van der Waals surface area contributed by atoms with E-state index in [9.17, 15) is 4.79 Å². The lowest BCUT2D eigenvalue weighted by Gasteiger charge is -2.04. The second-order valence-electron chi connectivity index (χ2n) is 4.33. The topological polar surface area (TPSA) is 17.1 Å². The van der Waals surface area contributed by atoms with Crippen LogP contribution in [-0.4, -0.2) is 5.78 Å². The largest absolute Gasteiger partial charge is 0.294 e. The van der Waals surface area contributed by atoms with Crippen LogP contribution in [0.25, 0.3) is 10.8 Å². The molecule has 0 unspecified atom stereocenters. The van der Waals surface area contributed by atoms with Crippen molar-refractivity contribution in [3.05, 3.63) is 68.8 Å². The molecule has 0 spiro atoms. The number of Topliss-reactive ketones (excluding diaryl/α,β-unsaturated/α-hetero) is 1. The molecule has 0 amide bonds. The molecule has 0 atom stereocenters. The summed E-state index contributed by atoms with van der Waals surface area (Å²) in [5.41, 5.74) is 0.808. The molecule has 0 fully saturated rings. The van der Waals surface area contributed by atoms with Gasteiger partial charge < -0.3 is 0 Å². The number of carbonyl (C=O) groups is 1. The first kappa shape index (κ1) is 12.6. The molecule has 1 nitrogen and oxygen atoms in total. The van der Waals surface area contributed by atoms with Crippen molar-refractivity contribution in [2.45, 2.75) is 6.42 Å². The lowest BCUT2D eigenvalue weighted by atomic mass is 9.99. The fraction of sp³-hybridized carbons (Fsp3) is 0.0625. The van der Waals surface area contributed by atoms with Crippen LogP contribution >= 0.6 is 27.3 Å². The van der Waals surface area contributed by atoms with Crippen LogP contribution in [-0.2, 0) is 6.42 Å². The number of ketones is 1. The quantitative estimate of drug-likeness (QED) is 0.611. The lowest BCUT2D eigenvalue weighted by Crippen LogP contribution is -2.02. The first-order valence-corrected chi connectivity index (χ1v) is 7.60. The number of hydrogen-bond acceptors (Lipinski definition) is 2. The predicted molar refractivity (Wildman–Crippen MR) is 84.0 cm³/mol. The maximum absolute atomic E-state index is 12.4. The van der Waals surface area contributed by atoms with Gasteiger partial charge in [0.1, 0.15) is 0 Å². The van der Waals surface area contributed by atoms with Gasteiger partial charge in [-0.15, -0.1) is 11.3 Å². The summed E-state index contributed by atoms with van der Waals surface area (Å²) < 4.78 is 1.06. The summed E-state index contributed by atoms with van der Waals surface area (Å²) in [6, 6.07) is 17.9. The second-order valence-corrected chi connectivity index (χ2v) is 6.88. The zero-order chi connectivity index (χ0) is 13.2. The van der Waals surface area contributed by atoms with Crippen LogP contribution in [0.15, 0.2) is 58.4 Å². The van der Waals surface area contributed by atoms with Crippen LogP contribution < -0.4 is 0 Å². The second kappa shape index (κ2) is 5.27. The van der Waals surface area contributed by atoms with Crippen LogP contribution in [0, 0.1) is 0 Å². The highest BCUT2D eigenvalue weighted by molar-refractivity contribution is 9.11. The van der Waals surface area contributed by atoms with Crippen LogP contribution in [0.2, 0.25) is 0 Å². The molecule has 0 saturated carbocycles. The van der Waals surface area contributed by atoms with Gasteiger partial charge in [0.25, 0.3) is 0 Å². The average molecular weight is 331 g/mol. The Bertz CT molecular complexity index is 740. The molecule has 19 heavy (non-hydrogen) atoms. The van der Waals surface area contributed by atoms with Crippen LogP contribution in [0.4, 0.5) is 0 Å². The molecule has 0 bridgehead atoms. The normalized spacial score (nSPS) is 10.8. The summed E-state index contributed by atoms with van der Waals surface area (Å²) >= 11 is 5.04. The van der Waals surface area contributed by atoms with E-state index in [2.05, 4.69) is 15.9 Å². The van der Waals surface area contributed by atoms with Crippen molar-refractivity contribution in [2.75, 3.05) is 0 Å². The molecule has 1 aromatic heterocycles. The lowest BCUT2D eigenvalue weighted by molar-refractivity contribution is 0.0995. The summed E-state index contributed by atoms with van der Waals surface area (Å²) in [5, 5.41) is 2.14. The first-order valence-electron chi connectivity index (χ1n) is 5.99. The Kier molecular flexibility index (Phi) is 3.49. The molecule has 1 heterocycles. The Hall–Kier alpha value is -1.45. The summed E-state index contributed by atoms with van der Waals surface area (Å²) in [6.45, 7) is 0. The molecular weight excluding hydrogens is 320 g/mol. The van der Waals surface area contributed by atoms with Crippen LogP contribution in [0.3, 0.4) is 0 Å². The number of halogens is 1. The van der Waals surface area contributed by atoms with Gasteiger partial charge in [0.15, 0.2) is 5.78 Å². The molecule has 3 heteroatoms. The third-order valence-corrected chi connectivity index (χ3v) is 4.68. The number of hydrogen-bond donors (Lipinski definition) is 0. The third-order valence-electron chi connectivity index (χ3n) is 3.05. The zero-order valence-corrected chi connectivity index (χ0v) is 12.5. The highest BCUT2D eigenvalue weighted by Gasteiger charge is 2.11. The van der Waals surface area contributed by atoms with Gasteiger partial charge in [-0.1, -0.05) is 42.5 Å². The van der Waals surface area contributed by atoms with E-state index in [1.807, 2.05) is 54.6 Å². The fourth-order valence-corrected chi connectivity index (χ4v) is 3.65. The zero-order valence-electron chi connectivity index (χ0n) is 10.1. The first-order chi connectivity index (χ1) is 9.24. The summed E-state index contributed by atoms with van der Waals surface area (Å²) in [4.78, 5) is 13.5. The molecule has 0 saturated heterocycles. The molecular formula is C16H11BrOS. The van der Waals surface area contributed by atoms with Crippen LogP contribution in [0.1, 0.15) is 15.2 Å². The maximum Gasteiger partial charge on any atom is 0.168 e. The smallest absolute Gasteiger partial charge is 0.168 e. The highest BCUT2D eigenvalue weighted by atomic mass is 79.9. The van der Waals surface area contributed by atoms with Gasteiger partial charge in [-0.2, -0.15) is 0 Å². The molecule has 0 radical (unpaired) electrons. The van der Waals surface area contributed by atoms with E-state index in [0.717, 1.165) is 25.0 Å². The Balaban J connectivity index is 1.97. The number of benzene rings is 2. The van der Waals surface area contributed by atoms with Gasteiger partial charge in [-0.05, 0) is 38.8 Å². The molecule has 3 rings (SSSR count). The maximum atomic E-state index is 12.4. The Labute approximate surface area is 124 Å². The molecule has 0 aliphatic rings. The van der Waals surface area contributed by atoms with E-state index in [4.69, 9.17) is 0 Å². The van der Waals surface area contributed by atoms with Crippen molar-refractivity contribution in [2.24, 2.45) is 0 Å². The minimum Gasteiger partial charge on any atom is -0.294 e. The number of carbonyl (C=O) groups excluding carboxylic acids is 1. The van der Waals surface area contributed by atoms with Crippen molar-refractivity contribution < 1.29 is 4.79 Å². The monoisotopic (exact) mass is 330 g/mol. The third kappa shape index (κ3) is 2.62. The van der Waals surface area contributed by atoms with Gasteiger partial charge in [0, 0.05) is 16.9 Å². The van der Waals surface area contributed by atoms with E-state index in [1.54, 1.807) is 11.3 Å². The number of rotatable bonds is 3. The average Bonchev–Trinajstić information content (AvgIpc) is 2.83. The molecule has 0 aliphatic carbocycles. The molecule has 2 aromatic carbocycles. The number of thiophene rings is 1. The molecule has 3 aromatic rings. The Morgan fingerprint density at radius 3 is 2.58 bits per heavy atom. The summed E-state index contributed by atoms with van der Waals surface area (Å²) in [5.74, 6) is 0.172. The van der Waals surface area contributed by atoms with E-state index in [1.165, 1.54) is 0 Å². The standard InChI is InChI=1S/C16H11BrOS/c17-16-9-8-12(19-16)10-15(18)14-7-3-5-11-4-1-2-6-13(11)14/h1-9H,10H2. The van der Waals surface area contributed by atoms with Crippen molar-refractivity contribution >= 4 is 43.8 Å². The van der Waals surface area contributed by atoms with Crippen molar-refractivity contribution in [1.82, 2.24) is 0 Å². The summed E-state index contributed by atoms with van der Waals surface area (Å²) in [6.07, 6.45) is 0.463. The van der Waals surface area contributed by atoms with E-state index < -0.39 is 0 Å². The van der Waals surface area contributed by atoms with Gasteiger partial charge in [0.05, 0.1) is 3.79 Å². The highest BCUT2D eigenvalue weighted by Crippen LogP contribution is 2.25. The summed E-state index contributed by atoms with van der Waals surface area (Å²) in [7, 11) is 0. The SMILES string of the molecule is O=C(Cc1ccc(Br)s1)c1cccc2ccccc12. The van der Waals surface area contributed by atoms with E-state index in [0.29, 0.717) is 6.42 Å². The minimum absolute atomic E-state index is 0.172. The fourth-order valence-electron chi connectivity index (χ4n) is 2.17. The van der Waals surface area contributed by atoms with Gasteiger partial charge in [0.2, 0.25) is 0 Å². The number of fused-ring (bicyclic) bond motifs is 1. The molecule has 0 N–H and O–H groups in total. The van der Waals surface area contributed by atoms with Crippen molar-refractivity contribution in [3.63, 3.8) is 0 Å².